The largest absolute Gasteiger partial charge is 0.366 e. The molecule has 2 heteroatoms. The molecule has 2 nitrogen and oxygen atoms in total. The number of nitrogens with zero attached hydrogens (tertiary/aromatic N) is 2. The van der Waals surface area contributed by atoms with Gasteiger partial charge in [-0.05, 0) is 67.5 Å². The zero-order chi connectivity index (χ0) is 15.4. The number of rotatable bonds is 6. The normalized spacial score (nSPS) is 11.8. The van der Waals surface area contributed by atoms with Crippen LogP contribution in [0.4, 0.5) is 11.4 Å². The summed E-state index contributed by atoms with van der Waals surface area (Å²) in [5.41, 5.74) is 2.39. The lowest BCUT2D eigenvalue weighted by Gasteiger charge is -2.36. The molecule has 0 saturated carbocycles. The molecule has 113 valence electrons. The van der Waals surface area contributed by atoms with Crippen LogP contribution in [0.3, 0.4) is 0 Å². The highest BCUT2D eigenvalue weighted by atomic mass is 15.2. The van der Waals surface area contributed by atoms with Gasteiger partial charge in [-0.15, -0.1) is 0 Å². The van der Waals surface area contributed by atoms with E-state index in [2.05, 4.69) is 89.5 Å². The van der Waals surface area contributed by atoms with E-state index in [-0.39, 0.29) is 0 Å². The van der Waals surface area contributed by atoms with E-state index < -0.39 is 0 Å². The van der Waals surface area contributed by atoms with E-state index in [1.807, 2.05) is 0 Å². The van der Waals surface area contributed by atoms with E-state index in [1.165, 1.54) is 11.4 Å². The Morgan fingerprint density at radius 1 is 0.650 bits per heavy atom. The second-order valence-corrected chi connectivity index (χ2v) is 6.61. The van der Waals surface area contributed by atoms with Crippen LogP contribution in [-0.2, 0) is 0 Å². The van der Waals surface area contributed by atoms with Crippen LogP contribution in [0.5, 0.6) is 0 Å². The summed E-state index contributed by atoms with van der Waals surface area (Å²) in [6.07, 6.45) is 0. The quantitative estimate of drug-likeness (QED) is 0.740. The van der Waals surface area contributed by atoms with Crippen molar-refractivity contribution in [3.05, 3.63) is 24.3 Å². The second-order valence-electron chi connectivity index (χ2n) is 6.61. The summed E-state index contributed by atoms with van der Waals surface area (Å²) >= 11 is 0. The lowest BCUT2D eigenvalue weighted by molar-refractivity contribution is 0.600. The van der Waals surface area contributed by atoms with Crippen molar-refractivity contribution in [1.29, 1.82) is 0 Å². The molecular weight excluding hydrogens is 244 g/mol. The molecule has 0 N–H and O–H groups in total. The lowest BCUT2D eigenvalue weighted by atomic mass is 10.1. The van der Waals surface area contributed by atoms with E-state index in [9.17, 15) is 0 Å². The molecular formula is C18H31N2. The first-order valence-electron chi connectivity index (χ1n) is 7.84. The first-order chi connectivity index (χ1) is 9.25. The fourth-order valence-electron chi connectivity index (χ4n) is 3.05. The van der Waals surface area contributed by atoms with Crippen LogP contribution in [-0.4, -0.2) is 24.2 Å². The fraction of sp³-hybridized carbons (Fsp3) is 0.667. The van der Waals surface area contributed by atoms with E-state index in [0.29, 0.717) is 24.2 Å². The van der Waals surface area contributed by atoms with Crippen LogP contribution in [0.2, 0.25) is 0 Å². The van der Waals surface area contributed by atoms with Gasteiger partial charge in [0, 0.05) is 41.6 Å². The number of hydrogen-bond donors (Lipinski definition) is 0. The van der Waals surface area contributed by atoms with Crippen molar-refractivity contribution in [3.8, 4) is 0 Å². The van der Waals surface area contributed by atoms with Crippen molar-refractivity contribution in [1.82, 2.24) is 0 Å². The molecule has 0 aromatic heterocycles. The van der Waals surface area contributed by atoms with Crippen molar-refractivity contribution in [2.45, 2.75) is 79.6 Å². The maximum atomic E-state index is 3.62. The molecule has 0 amide bonds. The van der Waals surface area contributed by atoms with Crippen molar-refractivity contribution < 1.29 is 0 Å². The predicted molar refractivity (Wildman–Crippen MR) is 90.8 cm³/mol. The minimum Gasteiger partial charge on any atom is -0.366 e. The standard InChI is InChI=1S/C18H31N2/c1-13(2)19(14(3)4)17-10-9-11-18(12-17)20(15(5)6)16(7)8/h9-11,13-16H,1-8H3. The van der Waals surface area contributed by atoms with Crippen molar-refractivity contribution >= 4 is 11.4 Å². The Bertz CT molecular complexity index is 356. The summed E-state index contributed by atoms with van der Waals surface area (Å²) in [7, 11) is 0. The number of benzene rings is 1. The van der Waals surface area contributed by atoms with Gasteiger partial charge >= 0.3 is 0 Å². The first kappa shape index (κ1) is 16.9. The summed E-state index contributed by atoms with van der Waals surface area (Å²) in [5, 5.41) is 0. The third kappa shape index (κ3) is 3.91. The molecule has 0 atom stereocenters. The topological polar surface area (TPSA) is 6.48 Å². The zero-order valence-electron chi connectivity index (χ0n) is 14.4. The molecule has 1 aromatic carbocycles. The number of anilines is 2. The smallest absolute Gasteiger partial charge is 0.0473 e. The Morgan fingerprint density at radius 3 is 1.20 bits per heavy atom. The fourth-order valence-corrected chi connectivity index (χ4v) is 3.05. The van der Waals surface area contributed by atoms with Gasteiger partial charge in [0.2, 0.25) is 0 Å². The molecule has 0 unspecified atom stereocenters. The molecule has 0 spiro atoms. The molecule has 0 saturated heterocycles. The highest BCUT2D eigenvalue weighted by Crippen LogP contribution is 2.27. The Kier molecular flexibility index (Phi) is 5.91. The summed E-state index contributed by atoms with van der Waals surface area (Å²) in [6, 6.07) is 12.0. The van der Waals surface area contributed by atoms with Crippen molar-refractivity contribution in [2.24, 2.45) is 0 Å². The molecule has 0 aliphatic rings. The lowest BCUT2D eigenvalue weighted by Crippen LogP contribution is -2.39. The molecule has 1 rings (SSSR count). The Morgan fingerprint density at radius 2 is 0.950 bits per heavy atom. The third-order valence-corrected chi connectivity index (χ3v) is 3.55. The molecule has 0 aliphatic carbocycles. The second kappa shape index (κ2) is 7.01. The van der Waals surface area contributed by atoms with Crippen LogP contribution in [0.25, 0.3) is 0 Å². The van der Waals surface area contributed by atoms with E-state index in [1.54, 1.807) is 0 Å². The zero-order valence-corrected chi connectivity index (χ0v) is 14.4. The van der Waals surface area contributed by atoms with Gasteiger partial charge in [0.25, 0.3) is 0 Å². The molecule has 0 bridgehead atoms. The number of hydrogen-bond acceptors (Lipinski definition) is 2. The highest BCUT2D eigenvalue weighted by Gasteiger charge is 2.18. The summed E-state index contributed by atoms with van der Waals surface area (Å²) in [4.78, 5) is 4.84. The maximum absolute atomic E-state index is 3.62. The molecule has 20 heavy (non-hydrogen) atoms. The van der Waals surface area contributed by atoms with Crippen LogP contribution in [0.15, 0.2) is 18.2 Å². The van der Waals surface area contributed by atoms with Gasteiger partial charge in [0.15, 0.2) is 0 Å². The highest BCUT2D eigenvalue weighted by molar-refractivity contribution is 5.59. The maximum Gasteiger partial charge on any atom is 0.0473 e. The first-order valence-corrected chi connectivity index (χ1v) is 7.84. The van der Waals surface area contributed by atoms with E-state index in [0.717, 1.165) is 0 Å². The molecule has 0 heterocycles. The average Bonchev–Trinajstić information content (AvgIpc) is 2.27. The predicted octanol–water partition coefficient (Wildman–Crippen LogP) is 4.73. The van der Waals surface area contributed by atoms with Gasteiger partial charge < -0.3 is 9.80 Å². The SMILES string of the molecule is CC(C)N(c1[c]c(N(C(C)C)C(C)C)ccc1)C(C)C. The third-order valence-electron chi connectivity index (χ3n) is 3.55. The molecule has 1 aromatic rings. The minimum absolute atomic E-state index is 0.480. The summed E-state index contributed by atoms with van der Waals surface area (Å²) in [5.74, 6) is 0. The van der Waals surface area contributed by atoms with Gasteiger partial charge in [0.1, 0.15) is 0 Å². The van der Waals surface area contributed by atoms with Crippen LogP contribution >= 0.6 is 0 Å². The van der Waals surface area contributed by atoms with Crippen molar-refractivity contribution in [3.63, 3.8) is 0 Å². The molecule has 0 fully saturated rings. The Labute approximate surface area is 125 Å². The van der Waals surface area contributed by atoms with Gasteiger partial charge in [-0.2, -0.15) is 0 Å². The Hall–Kier alpha value is -1.18. The summed E-state index contributed by atoms with van der Waals surface area (Å²) in [6.45, 7) is 17.9. The van der Waals surface area contributed by atoms with Crippen LogP contribution in [0.1, 0.15) is 55.4 Å². The molecule has 0 aliphatic heterocycles. The monoisotopic (exact) mass is 275 g/mol. The van der Waals surface area contributed by atoms with Gasteiger partial charge in [0.05, 0.1) is 0 Å². The van der Waals surface area contributed by atoms with Gasteiger partial charge in [-0.1, -0.05) is 6.07 Å². The van der Waals surface area contributed by atoms with Gasteiger partial charge in [-0.25, -0.2) is 0 Å². The summed E-state index contributed by atoms with van der Waals surface area (Å²) < 4.78 is 0. The van der Waals surface area contributed by atoms with Gasteiger partial charge in [-0.3, -0.25) is 0 Å². The van der Waals surface area contributed by atoms with Crippen LogP contribution in [0, 0.1) is 6.07 Å². The van der Waals surface area contributed by atoms with Crippen molar-refractivity contribution in [2.75, 3.05) is 9.80 Å². The Balaban J connectivity index is 3.17. The molecule has 1 radical (unpaired) electrons. The minimum atomic E-state index is 0.480. The van der Waals surface area contributed by atoms with E-state index >= 15 is 0 Å². The average molecular weight is 275 g/mol. The van der Waals surface area contributed by atoms with E-state index in [4.69, 9.17) is 0 Å². The van der Waals surface area contributed by atoms with Crippen LogP contribution < -0.4 is 9.80 Å².